The number of ether oxygens (including phenoxy) is 1. The Morgan fingerprint density at radius 1 is 1.09 bits per heavy atom. The highest BCUT2D eigenvalue weighted by Gasteiger charge is 2.33. The molecule has 2 heterocycles. The van der Waals surface area contributed by atoms with Crippen molar-refractivity contribution in [3.05, 3.63) is 59.5 Å². The zero-order chi connectivity index (χ0) is 23.8. The number of carbonyl (C=O) groups excluding carboxylic acids is 1. The molecule has 0 spiro atoms. The average Bonchev–Trinajstić information content (AvgIpc) is 3.09. The Hall–Kier alpha value is -2.91. The van der Waals surface area contributed by atoms with E-state index in [-0.39, 0.29) is 37.0 Å². The second-order valence-electron chi connectivity index (χ2n) is 8.12. The van der Waals surface area contributed by atoms with Crippen LogP contribution >= 0.6 is 0 Å². The number of rotatable bonds is 6. The first-order chi connectivity index (χ1) is 15.8. The number of carbonyl (C=O) groups is 1. The molecule has 9 heteroatoms. The predicted octanol–water partition coefficient (Wildman–Crippen LogP) is 3.65. The van der Waals surface area contributed by atoms with E-state index >= 15 is 0 Å². The highest BCUT2D eigenvalue weighted by atomic mass is 32.2. The number of nitrogens with zero attached hydrogens (tertiary/aromatic N) is 3. The number of aryl methyl sites for hydroxylation is 1. The Morgan fingerprint density at radius 3 is 2.42 bits per heavy atom. The van der Waals surface area contributed by atoms with E-state index in [2.05, 4.69) is 11.5 Å². The van der Waals surface area contributed by atoms with Gasteiger partial charge in [-0.15, -0.1) is 0 Å². The van der Waals surface area contributed by atoms with Crippen molar-refractivity contribution in [1.82, 2.24) is 13.8 Å². The number of benzene rings is 2. The Labute approximate surface area is 193 Å². The van der Waals surface area contributed by atoms with Crippen LogP contribution in [0.25, 0.3) is 10.9 Å². The lowest BCUT2D eigenvalue weighted by Crippen LogP contribution is -2.50. The van der Waals surface area contributed by atoms with Crippen LogP contribution in [0.15, 0.2) is 47.4 Å². The molecule has 1 saturated heterocycles. The van der Waals surface area contributed by atoms with Crippen molar-refractivity contribution >= 4 is 26.8 Å². The number of aromatic nitrogens is 1. The highest BCUT2D eigenvalue weighted by molar-refractivity contribution is 7.89. The van der Waals surface area contributed by atoms with Gasteiger partial charge in [0.25, 0.3) is 5.91 Å². The number of sulfonamides is 1. The van der Waals surface area contributed by atoms with E-state index in [1.165, 1.54) is 22.5 Å². The van der Waals surface area contributed by atoms with E-state index in [1.54, 1.807) is 12.0 Å². The van der Waals surface area contributed by atoms with Crippen LogP contribution < -0.4 is 4.74 Å². The monoisotopic (exact) mass is 473 g/mol. The van der Waals surface area contributed by atoms with Crippen LogP contribution in [-0.4, -0.2) is 61.4 Å². The minimum atomic E-state index is -3.96. The van der Waals surface area contributed by atoms with Crippen molar-refractivity contribution in [2.45, 2.75) is 31.7 Å². The third kappa shape index (κ3) is 4.11. The molecule has 1 aliphatic heterocycles. The van der Waals surface area contributed by atoms with Crippen molar-refractivity contribution in [2.24, 2.45) is 0 Å². The van der Waals surface area contributed by atoms with Gasteiger partial charge in [0, 0.05) is 49.3 Å². The molecule has 0 atom stereocenters. The summed E-state index contributed by atoms with van der Waals surface area (Å²) in [5, 5.41) is 0.826. The predicted molar refractivity (Wildman–Crippen MR) is 125 cm³/mol. The molecule has 0 unspecified atom stereocenters. The van der Waals surface area contributed by atoms with Crippen molar-refractivity contribution in [1.29, 1.82) is 0 Å². The van der Waals surface area contributed by atoms with Crippen LogP contribution in [0, 0.1) is 12.7 Å². The fraction of sp³-hybridized carbons (Fsp3) is 0.375. The maximum absolute atomic E-state index is 14.1. The number of amides is 1. The molecule has 2 aromatic carbocycles. The fourth-order valence-corrected chi connectivity index (χ4v) is 5.94. The van der Waals surface area contributed by atoms with Gasteiger partial charge in [0.2, 0.25) is 10.0 Å². The molecule has 7 nitrogen and oxygen atoms in total. The number of halogens is 1. The Bertz CT molecular complexity index is 1290. The molecule has 0 radical (unpaired) electrons. The second-order valence-corrected chi connectivity index (χ2v) is 10.0. The number of hydrogen-bond donors (Lipinski definition) is 0. The Kier molecular flexibility index (Phi) is 6.45. The summed E-state index contributed by atoms with van der Waals surface area (Å²) in [4.78, 5) is 14.9. The summed E-state index contributed by atoms with van der Waals surface area (Å²) in [7, 11) is -2.37. The first kappa shape index (κ1) is 23.3. The van der Waals surface area contributed by atoms with Crippen molar-refractivity contribution in [3.8, 4) is 5.75 Å². The highest BCUT2D eigenvalue weighted by Crippen LogP contribution is 2.31. The third-order valence-electron chi connectivity index (χ3n) is 6.17. The number of methoxy groups -OCH3 is 1. The lowest BCUT2D eigenvalue weighted by molar-refractivity contribution is 0.0698. The van der Waals surface area contributed by atoms with Gasteiger partial charge in [-0.1, -0.05) is 19.1 Å². The van der Waals surface area contributed by atoms with E-state index in [0.717, 1.165) is 35.6 Å². The van der Waals surface area contributed by atoms with E-state index < -0.39 is 15.8 Å². The van der Waals surface area contributed by atoms with Crippen molar-refractivity contribution in [2.75, 3.05) is 33.3 Å². The maximum Gasteiger partial charge on any atom is 0.256 e. The van der Waals surface area contributed by atoms with Crippen LogP contribution in [0.2, 0.25) is 0 Å². The molecule has 1 aromatic heterocycles. The lowest BCUT2D eigenvalue weighted by atomic mass is 10.1. The smallest absolute Gasteiger partial charge is 0.256 e. The summed E-state index contributed by atoms with van der Waals surface area (Å²) >= 11 is 0. The van der Waals surface area contributed by atoms with E-state index in [4.69, 9.17) is 4.74 Å². The summed E-state index contributed by atoms with van der Waals surface area (Å²) in [5.41, 5.74) is 2.47. The fourth-order valence-electron chi connectivity index (χ4n) is 4.45. The van der Waals surface area contributed by atoms with Crippen LogP contribution in [-0.2, 0) is 16.6 Å². The number of piperazine rings is 1. The van der Waals surface area contributed by atoms with E-state index in [0.29, 0.717) is 11.3 Å². The normalized spacial score (nSPS) is 15.2. The molecule has 33 heavy (non-hydrogen) atoms. The molecule has 176 valence electrons. The van der Waals surface area contributed by atoms with Gasteiger partial charge in [0.1, 0.15) is 16.5 Å². The van der Waals surface area contributed by atoms with Crippen LogP contribution in [0.5, 0.6) is 5.75 Å². The molecule has 1 aliphatic rings. The lowest BCUT2D eigenvalue weighted by Gasteiger charge is -2.34. The van der Waals surface area contributed by atoms with E-state index in [9.17, 15) is 17.6 Å². The summed E-state index contributed by atoms with van der Waals surface area (Å²) in [6.07, 6.45) is 0.927. The average molecular weight is 474 g/mol. The summed E-state index contributed by atoms with van der Waals surface area (Å²) in [6.45, 7) is 5.50. The molecule has 0 N–H and O–H groups in total. The molecule has 3 aromatic rings. The molecule has 4 rings (SSSR count). The van der Waals surface area contributed by atoms with Gasteiger partial charge in [-0.2, -0.15) is 4.31 Å². The zero-order valence-electron chi connectivity index (χ0n) is 19.0. The van der Waals surface area contributed by atoms with Gasteiger partial charge in [-0.3, -0.25) is 4.79 Å². The largest absolute Gasteiger partial charge is 0.497 e. The van der Waals surface area contributed by atoms with Gasteiger partial charge in [-0.05, 0) is 43.7 Å². The molecule has 1 fully saturated rings. The topological polar surface area (TPSA) is 71.9 Å². The molecular weight excluding hydrogens is 445 g/mol. The van der Waals surface area contributed by atoms with E-state index in [1.807, 2.05) is 25.1 Å². The number of hydrogen-bond acceptors (Lipinski definition) is 4. The minimum Gasteiger partial charge on any atom is -0.497 e. The second kappa shape index (κ2) is 9.15. The quantitative estimate of drug-likeness (QED) is 0.548. The number of fused-ring (bicyclic) bond motifs is 1. The Morgan fingerprint density at radius 2 is 1.79 bits per heavy atom. The third-order valence-corrected chi connectivity index (χ3v) is 8.10. The SMILES string of the molecule is CCCn1c(C)c(C(=O)N2CCN(S(=O)(=O)c3ccccc3F)CC2)c2cc(OC)ccc21. The van der Waals surface area contributed by atoms with Gasteiger partial charge in [0.05, 0.1) is 12.7 Å². The van der Waals surface area contributed by atoms with Gasteiger partial charge in [0.15, 0.2) is 0 Å². The maximum atomic E-state index is 14.1. The van der Waals surface area contributed by atoms with Gasteiger partial charge < -0.3 is 14.2 Å². The summed E-state index contributed by atoms with van der Waals surface area (Å²) in [5.74, 6) is -0.237. The standard InChI is InChI=1S/C24H28FN3O4S/c1-4-11-28-17(2)23(19-16-18(32-3)9-10-21(19)28)24(29)26-12-14-27(15-13-26)33(30,31)22-8-6-5-7-20(22)25/h5-10,16H,4,11-15H2,1-3H3. The Balaban J connectivity index is 1.61. The van der Waals surface area contributed by atoms with Crippen molar-refractivity contribution < 1.29 is 22.3 Å². The summed E-state index contributed by atoms with van der Waals surface area (Å²) < 4.78 is 48.7. The van der Waals surface area contributed by atoms with Crippen LogP contribution in [0.3, 0.4) is 0 Å². The van der Waals surface area contributed by atoms with Gasteiger partial charge in [-0.25, -0.2) is 12.8 Å². The minimum absolute atomic E-state index is 0.110. The van der Waals surface area contributed by atoms with Crippen LogP contribution in [0.1, 0.15) is 29.4 Å². The van der Waals surface area contributed by atoms with Crippen molar-refractivity contribution in [3.63, 3.8) is 0 Å². The first-order valence-corrected chi connectivity index (χ1v) is 12.4. The van der Waals surface area contributed by atoms with Gasteiger partial charge >= 0.3 is 0 Å². The first-order valence-electron chi connectivity index (χ1n) is 11.0. The molecular formula is C24H28FN3O4S. The molecule has 0 saturated carbocycles. The molecule has 0 bridgehead atoms. The summed E-state index contributed by atoms with van der Waals surface area (Å²) in [6, 6.07) is 11.1. The molecule has 0 aliphatic carbocycles. The van der Waals surface area contributed by atoms with Crippen LogP contribution in [0.4, 0.5) is 4.39 Å². The molecule has 1 amide bonds. The zero-order valence-corrected chi connectivity index (χ0v) is 19.9.